The average Bonchev–Trinajstić information content (AvgIpc) is 2.54. The van der Waals surface area contributed by atoms with Crippen LogP contribution in [0.5, 0.6) is 0 Å². The number of rotatable bonds is 4. The maximum atomic E-state index is 14.3. The molecule has 0 spiro atoms. The van der Waals surface area contributed by atoms with E-state index in [1.807, 2.05) is 0 Å². The monoisotopic (exact) mass is 398 g/mol. The smallest absolute Gasteiger partial charge is 0.407 e. The van der Waals surface area contributed by atoms with Gasteiger partial charge in [0.2, 0.25) is 0 Å². The molecule has 27 heavy (non-hydrogen) atoms. The number of amides is 1. The number of hydrogen-bond acceptors (Lipinski definition) is 4. The molecule has 8 heteroatoms. The van der Waals surface area contributed by atoms with Crippen LogP contribution < -0.4 is 5.32 Å². The third kappa shape index (κ3) is 5.61. The van der Waals surface area contributed by atoms with Crippen molar-refractivity contribution in [3.05, 3.63) is 52.7 Å². The molecule has 0 aliphatic heterocycles. The van der Waals surface area contributed by atoms with Crippen LogP contribution >= 0.6 is 11.6 Å². The van der Waals surface area contributed by atoms with E-state index in [9.17, 15) is 18.7 Å². The fourth-order valence-corrected chi connectivity index (χ4v) is 2.46. The minimum absolute atomic E-state index is 0.0986. The van der Waals surface area contributed by atoms with Crippen molar-refractivity contribution in [2.24, 2.45) is 0 Å². The number of benzene rings is 1. The summed E-state index contributed by atoms with van der Waals surface area (Å²) < 4.78 is 32.7. The van der Waals surface area contributed by atoms with Gasteiger partial charge in [0.05, 0.1) is 17.3 Å². The molecule has 1 unspecified atom stereocenters. The first-order valence-electron chi connectivity index (χ1n) is 8.21. The fraction of sp³-hybridized carbons (Fsp3) is 0.368. The Labute approximate surface area is 161 Å². The molecule has 1 amide bonds. The van der Waals surface area contributed by atoms with Gasteiger partial charge in [0.15, 0.2) is 0 Å². The van der Waals surface area contributed by atoms with E-state index in [1.165, 1.54) is 31.2 Å². The quantitative estimate of drug-likeness (QED) is 0.800. The zero-order valence-electron chi connectivity index (χ0n) is 15.4. The summed E-state index contributed by atoms with van der Waals surface area (Å²) in [5, 5.41) is 12.9. The third-order valence-corrected chi connectivity index (χ3v) is 3.84. The first kappa shape index (κ1) is 21.1. The van der Waals surface area contributed by atoms with Gasteiger partial charge in [-0.05, 0) is 58.0 Å². The van der Waals surface area contributed by atoms with Gasteiger partial charge in [-0.3, -0.25) is 0 Å². The summed E-state index contributed by atoms with van der Waals surface area (Å²) >= 11 is 5.77. The molecule has 0 bridgehead atoms. The molecule has 1 heterocycles. The lowest BCUT2D eigenvalue weighted by Gasteiger charge is -2.26. The Balaban J connectivity index is 2.25. The van der Waals surface area contributed by atoms with E-state index in [-0.39, 0.29) is 17.3 Å². The molecule has 2 rings (SSSR count). The van der Waals surface area contributed by atoms with Gasteiger partial charge in [0.25, 0.3) is 0 Å². The third-order valence-electron chi connectivity index (χ3n) is 3.55. The molecular formula is C19H21ClF2N2O3. The molecule has 2 aromatic rings. The molecule has 1 aromatic carbocycles. The van der Waals surface area contributed by atoms with E-state index in [0.29, 0.717) is 11.3 Å². The molecule has 1 aromatic heterocycles. The van der Waals surface area contributed by atoms with Crippen LogP contribution in [0.1, 0.15) is 33.4 Å². The van der Waals surface area contributed by atoms with Crippen LogP contribution in [0.3, 0.4) is 0 Å². The Bertz CT molecular complexity index is 851. The highest BCUT2D eigenvalue weighted by Crippen LogP contribution is 2.27. The minimum Gasteiger partial charge on any atom is -0.444 e. The van der Waals surface area contributed by atoms with Crippen molar-refractivity contribution < 1.29 is 23.4 Å². The molecule has 5 nitrogen and oxygen atoms in total. The number of nitrogens with one attached hydrogen (secondary N) is 1. The number of hydrogen-bond donors (Lipinski definition) is 2. The lowest BCUT2D eigenvalue weighted by atomic mass is 10.00. The molecule has 146 valence electrons. The SMILES string of the molecule is CC(C)(C)OC(=O)NCC(C)(O)c1nc(-c2ccc(F)c(Cl)c2)ccc1F. The van der Waals surface area contributed by atoms with Gasteiger partial charge >= 0.3 is 6.09 Å². The highest BCUT2D eigenvalue weighted by Gasteiger charge is 2.30. The van der Waals surface area contributed by atoms with Gasteiger partial charge in [0, 0.05) is 5.56 Å². The normalized spacial score (nSPS) is 13.8. The Kier molecular flexibility index (Phi) is 6.07. The second-order valence-corrected chi connectivity index (χ2v) is 7.69. The lowest BCUT2D eigenvalue weighted by molar-refractivity contribution is 0.0279. The lowest BCUT2D eigenvalue weighted by Crippen LogP contribution is -2.42. The van der Waals surface area contributed by atoms with Gasteiger partial charge < -0.3 is 15.2 Å². The van der Waals surface area contributed by atoms with E-state index in [1.54, 1.807) is 20.8 Å². The number of pyridine rings is 1. The summed E-state index contributed by atoms with van der Waals surface area (Å²) in [6.07, 6.45) is -0.746. The van der Waals surface area contributed by atoms with Crippen LogP contribution in [0, 0.1) is 11.6 Å². The zero-order chi connectivity index (χ0) is 20.4. The maximum Gasteiger partial charge on any atom is 0.407 e. The fourth-order valence-electron chi connectivity index (χ4n) is 2.28. The van der Waals surface area contributed by atoms with E-state index >= 15 is 0 Å². The van der Waals surface area contributed by atoms with Gasteiger partial charge in [-0.1, -0.05) is 11.6 Å². The van der Waals surface area contributed by atoms with Crippen LogP contribution in [0.2, 0.25) is 5.02 Å². The largest absolute Gasteiger partial charge is 0.444 e. The van der Waals surface area contributed by atoms with E-state index in [0.717, 1.165) is 6.07 Å². The van der Waals surface area contributed by atoms with Crippen LogP contribution in [-0.2, 0) is 10.3 Å². The molecule has 0 aliphatic carbocycles. The molecule has 0 radical (unpaired) electrons. The standard InChI is InChI=1S/C19H21ClF2N2O3/c1-18(2,3)27-17(25)23-10-19(4,26)16-14(22)7-8-15(24-16)11-5-6-13(21)12(20)9-11/h5-9,26H,10H2,1-4H3,(H,23,25). The van der Waals surface area contributed by atoms with Crippen LogP contribution in [-0.4, -0.2) is 28.3 Å². The van der Waals surface area contributed by atoms with Crippen LogP contribution in [0.4, 0.5) is 13.6 Å². The molecule has 0 saturated heterocycles. The number of aromatic nitrogens is 1. The van der Waals surface area contributed by atoms with Crippen molar-refractivity contribution in [3.8, 4) is 11.3 Å². The number of nitrogens with zero attached hydrogens (tertiary/aromatic N) is 1. The van der Waals surface area contributed by atoms with Gasteiger partial charge in [-0.15, -0.1) is 0 Å². The topological polar surface area (TPSA) is 71.5 Å². The van der Waals surface area contributed by atoms with Crippen molar-refractivity contribution in [2.75, 3.05) is 6.54 Å². The van der Waals surface area contributed by atoms with Crippen molar-refractivity contribution >= 4 is 17.7 Å². The predicted molar refractivity (Wildman–Crippen MR) is 98.4 cm³/mol. The Morgan fingerprint density at radius 3 is 2.41 bits per heavy atom. The Morgan fingerprint density at radius 2 is 1.81 bits per heavy atom. The molecule has 1 atom stereocenters. The summed E-state index contributed by atoms with van der Waals surface area (Å²) in [7, 11) is 0. The van der Waals surface area contributed by atoms with Crippen molar-refractivity contribution in [3.63, 3.8) is 0 Å². The number of carbonyl (C=O) groups is 1. The average molecular weight is 399 g/mol. The van der Waals surface area contributed by atoms with Crippen molar-refractivity contribution in [1.82, 2.24) is 10.3 Å². The summed E-state index contributed by atoms with van der Waals surface area (Å²) in [5.41, 5.74) is -2.02. The molecule has 0 fully saturated rings. The summed E-state index contributed by atoms with van der Waals surface area (Å²) in [5.74, 6) is -1.33. The highest BCUT2D eigenvalue weighted by atomic mass is 35.5. The van der Waals surface area contributed by atoms with Crippen LogP contribution in [0.25, 0.3) is 11.3 Å². The Morgan fingerprint density at radius 1 is 1.19 bits per heavy atom. The van der Waals surface area contributed by atoms with E-state index in [4.69, 9.17) is 16.3 Å². The second kappa shape index (κ2) is 7.78. The van der Waals surface area contributed by atoms with E-state index in [2.05, 4.69) is 10.3 Å². The highest BCUT2D eigenvalue weighted by molar-refractivity contribution is 6.31. The summed E-state index contributed by atoms with van der Waals surface area (Å²) in [6.45, 7) is 6.09. The second-order valence-electron chi connectivity index (χ2n) is 7.29. The molecule has 0 aliphatic rings. The number of halogens is 3. The van der Waals surface area contributed by atoms with Gasteiger partial charge in [-0.25, -0.2) is 18.6 Å². The molecule has 2 N–H and O–H groups in total. The summed E-state index contributed by atoms with van der Waals surface area (Å²) in [6, 6.07) is 6.49. The Hall–Kier alpha value is -2.25. The van der Waals surface area contributed by atoms with Gasteiger partial charge in [-0.2, -0.15) is 0 Å². The molecular weight excluding hydrogens is 378 g/mol. The van der Waals surface area contributed by atoms with E-state index < -0.39 is 28.9 Å². The molecule has 0 saturated carbocycles. The first-order chi connectivity index (χ1) is 12.4. The number of aliphatic hydroxyl groups is 1. The number of alkyl carbamates (subject to hydrolysis) is 1. The first-order valence-corrected chi connectivity index (χ1v) is 8.58. The number of ether oxygens (including phenoxy) is 1. The van der Waals surface area contributed by atoms with Gasteiger partial charge in [0.1, 0.15) is 28.5 Å². The predicted octanol–water partition coefficient (Wildman–Crippen LogP) is 4.41. The number of carbonyl (C=O) groups excluding carboxylic acids is 1. The van der Waals surface area contributed by atoms with Crippen molar-refractivity contribution in [1.29, 1.82) is 0 Å². The summed E-state index contributed by atoms with van der Waals surface area (Å²) in [4.78, 5) is 15.9. The van der Waals surface area contributed by atoms with Crippen LogP contribution in [0.15, 0.2) is 30.3 Å². The zero-order valence-corrected chi connectivity index (χ0v) is 16.2. The minimum atomic E-state index is -1.80. The maximum absolute atomic E-state index is 14.3. The van der Waals surface area contributed by atoms with Crippen molar-refractivity contribution in [2.45, 2.75) is 38.9 Å².